The Hall–Kier alpha value is -2.01. The van der Waals surface area contributed by atoms with E-state index >= 15 is 0 Å². The van der Waals surface area contributed by atoms with Crippen LogP contribution in [0.25, 0.3) is 0 Å². The Morgan fingerprint density at radius 3 is 2.53 bits per heavy atom. The number of rotatable bonds is 10. The summed E-state index contributed by atoms with van der Waals surface area (Å²) < 4.78 is 0. The largest absolute Gasteiger partial charge is 0.395 e. The highest BCUT2D eigenvalue weighted by Crippen LogP contribution is 2.26. The van der Waals surface area contributed by atoms with E-state index in [1.807, 2.05) is 12.3 Å². The van der Waals surface area contributed by atoms with Crippen molar-refractivity contribution < 1.29 is 15.0 Å². The number of nitrogens with zero attached hydrogens (tertiary/aromatic N) is 4. The smallest absolute Gasteiger partial charge is 0.224 e. The first-order chi connectivity index (χ1) is 17.7. The lowest BCUT2D eigenvalue weighted by Crippen LogP contribution is -2.58. The van der Waals surface area contributed by atoms with Crippen molar-refractivity contribution >= 4 is 17.7 Å². The van der Waals surface area contributed by atoms with Crippen molar-refractivity contribution in [1.29, 1.82) is 0 Å². The Morgan fingerprint density at radius 1 is 1.06 bits per heavy atom. The topological polar surface area (TPSA) is 126 Å². The zero-order valence-corrected chi connectivity index (χ0v) is 21.6. The lowest BCUT2D eigenvalue weighted by Gasteiger charge is -2.45. The molecule has 2 atom stereocenters. The van der Waals surface area contributed by atoms with Crippen molar-refractivity contribution in [1.82, 2.24) is 25.5 Å². The number of aromatic nitrogens is 2. The van der Waals surface area contributed by atoms with Gasteiger partial charge in [0.25, 0.3) is 0 Å². The standard InChI is InChI=1S/C26H45N7O3/c34-18-21(19-35)33-17-5-6-22(23(33)9-13-28-25(36)20-7-11-27-12-8-20)30-26-29-14-10-24(31-26)32-15-3-1-2-4-16-32/h10,14,20-23,27,34-35H,1-9,11-13,15-19H2,(H,28,36)(H,29,30,31). The number of hydrogen-bond acceptors (Lipinski definition) is 9. The first-order valence-corrected chi connectivity index (χ1v) is 14.0. The van der Waals surface area contributed by atoms with E-state index < -0.39 is 0 Å². The van der Waals surface area contributed by atoms with Crippen LogP contribution in [0, 0.1) is 5.92 Å². The number of carbonyl (C=O) groups is 1. The molecule has 0 bridgehead atoms. The van der Waals surface area contributed by atoms with Gasteiger partial charge in [-0.1, -0.05) is 12.8 Å². The van der Waals surface area contributed by atoms with E-state index in [1.54, 1.807) is 0 Å². The molecule has 10 heteroatoms. The van der Waals surface area contributed by atoms with E-state index in [9.17, 15) is 15.0 Å². The summed E-state index contributed by atoms with van der Waals surface area (Å²) in [5, 5.41) is 29.9. The van der Waals surface area contributed by atoms with Crippen molar-refractivity contribution in [3.63, 3.8) is 0 Å². The van der Waals surface area contributed by atoms with Crippen LogP contribution in [-0.2, 0) is 4.79 Å². The molecule has 1 aromatic rings. The highest BCUT2D eigenvalue weighted by atomic mass is 16.3. The molecule has 2 unspecified atom stereocenters. The summed E-state index contributed by atoms with van der Waals surface area (Å²) in [7, 11) is 0. The first-order valence-electron chi connectivity index (χ1n) is 14.0. The second-order valence-corrected chi connectivity index (χ2v) is 10.5. The number of anilines is 2. The van der Waals surface area contributed by atoms with Gasteiger partial charge in [0.2, 0.25) is 11.9 Å². The number of likely N-dealkylation sites (tertiary alicyclic amines) is 1. The molecule has 0 radical (unpaired) electrons. The molecule has 0 aliphatic carbocycles. The number of aliphatic hydroxyl groups excluding tert-OH is 2. The zero-order valence-electron chi connectivity index (χ0n) is 21.6. The van der Waals surface area contributed by atoms with Gasteiger partial charge in [-0.15, -0.1) is 0 Å². The number of carbonyl (C=O) groups excluding carboxylic acids is 1. The van der Waals surface area contributed by atoms with E-state index in [0.717, 1.165) is 70.6 Å². The minimum atomic E-state index is -0.316. The molecular weight excluding hydrogens is 458 g/mol. The van der Waals surface area contributed by atoms with Gasteiger partial charge in [0.15, 0.2) is 0 Å². The average Bonchev–Trinajstić information content (AvgIpc) is 3.21. The number of nitrogens with one attached hydrogen (secondary N) is 3. The Kier molecular flexibility index (Phi) is 10.6. The lowest BCUT2D eigenvalue weighted by molar-refractivity contribution is -0.125. The Bertz CT molecular complexity index is 795. The quantitative estimate of drug-likeness (QED) is 0.317. The van der Waals surface area contributed by atoms with Crippen LogP contribution < -0.4 is 20.9 Å². The molecule has 1 amide bonds. The van der Waals surface area contributed by atoms with Crippen molar-refractivity contribution in [2.45, 2.75) is 75.9 Å². The average molecular weight is 504 g/mol. The van der Waals surface area contributed by atoms with Crippen LogP contribution in [0.3, 0.4) is 0 Å². The summed E-state index contributed by atoms with van der Waals surface area (Å²) in [5.41, 5.74) is 0. The fourth-order valence-electron chi connectivity index (χ4n) is 5.97. The molecule has 4 heterocycles. The van der Waals surface area contributed by atoms with Crippen LogP contribution in [0.4, 0.5) is 11.8 Å². The molecule has 10 nitrogen and oxygen atoms in total. The second-order valence-electron chi connectivity index (χ2n) is 10.5. The summed E-state index contributed by atoms with van der Waals surface area (Å²) >= 11 is 0. The van der Waals surface area contributed by atoms with Crippen molar-refractivity contribution in [2.24, 2.45) is 5.92 Å². The van der Waals surface area contributed by atoms with Crippen LogP contribution in [0.15, 0.2) is 12.3 Å². The number of amides is 1. The molecule has 0 saturated carbocycles. The van der Waals surface area contributed by atoms with E-state index in [4.69, 9.17) is 4.98 Å². The molecule has 3 aliphatic rings. The third-order valence-corrected chi connectivity index (χ3v) is 8.05. The van der Waals surface area contributed by atoms with E-state index in [2.05, 4.69) is 30.7 Å². The number of hydrogen-bond donors (Lipinski definition) is 5. The summed E-state index contributed by atoms with van der Waals surface area (Å²) in [6, 6.07) is 1.78. The summed E-state index contributed by atoms with van der Waals surface area (Å²) in [4.78, 5) is 26.6. The molecular formula is C26H45N7O3. The zero-order chi connectivity index (χ0) is 25.2. The molecule has 3 aliphatic heterocycles. The van der Waals surface area contributed by atoms with E-state index in [-0.39, 0.29) is 43.2 Å². The maximum Gasteiger partial charge on any atom is 0.224 e. The highest BCUT2D eigenvalue weighted by molar-refractivity contribution is 5.78. The van der Waals surface area contributed by atoms with Gasteiger partial charge in [0, 0.05) is 43.8 Å². The van der Waals surface area contributed by atoms with E-state index in [0.29, 0.717) is 12.5 Å². The summed E-state index contributed by atoms with van der Waals surface area (Å²) in [5.74, 6) is 1.81. The normalized spacial score (nSPS) is 24.5. The van der Waals surface area contributed by atoms with Crippen molar-refractivity contribution in [3.8, 4) is 0 Å². The monoisotopic (exact) mass is 503 g/mol. The second kappa shape index (κ2) is 14.1. The molecule has 1 aromatic heterocycles. The Balaban J connectivity index is 1.42. The van der Waals surface area contributed by atoms with Crippen LogP contribution in [0.2, 0.25) is 0 Å². The SMILES string of the molecule is O=C(NCCC1C(Nc2nccc(N3CCCCCC3)n2)CCCN1C(CO)CO)C1CCNCC1. The molecule has 5 N–H and O–H groups in total. The fourth-order valence-corrected chi connectivity index (χ4v) is 5.97. The first kappa shape index (κ1) is 27.0. The predicted molar refractivity (Wildman–Crippen MR) is 141 cm³/mol. The maximum absolute atomic E-state index is 12.7. The molecule has 0 aromatic carbocycles. The fraction of sp³-hybridized carbons (Fsp3) is 0.808. The Labute approximate surface area is 215 Å². The summed E-state index contributed by atoms with van der Waals surface area (Å²) in [6.07, 6.45) is 11.2. The molecule has 202 valence electrons. The molecule has 36 heavy (non-hydrogen) atoms. The van der Waals surface area contributed by atoms with Gasteiger partial charge < -0.3 is 31.1 Å². The van der Waals surface area contributed by atoms with Gasteiger partial charge in [-0.25, -0.2) is 4.98 Å². The molecule has 0 spiro atoms. The van der Waals surface area contributed by atoms with E-state index in [1.165, 1.54) is 25.7 Å². The van der Waals surface area contributed by atoms with Crippen LogP contribution in [-0.4, -0.2) is 102 Å². The highest BCUT2D eigenvalue weighted by Gasteiger charge is 2.35. The van der Waals surface area contributed by atoms with Crippen LogP contribution in [0.5, 0.6) is 0 Å². The summed E-state index contributed by atoms with van der Waals surface area (Å²) in [6.45, 7) is 5.04. The van der Waals surface area contributed by atoms with Crippen molar-refractivity contribution in [3.05, 3.63) is 12.3 Å². The predicted octanol–water partition coefficient (Wildman–Crippen LogP) is 0.961. The van der Waals surface area contributed by atoms with Gasteiger partial charge >= 0.3 is 0 Å². The van der Waals surface area contributed by atoms with Gasteiger partial charge in [-0.2, -0.15) is 4.98 Å². The van der Waals surface area contributed by atoms with Gasteiger partial charge in [-0.05, 0) is 70.6 Å². The van der Waals surface area contributed by atoms with Crippen LogP contribution in [0.1, 0.15) is 57.8 Å². The van der Waals surface area contributed by atoms with Gasteiger partial charge in [0.1, 0.15) is 5.82 Å². The molecule has 4 rings (SSSR count). The van der Waals surface area contributed by atoms with Crippen molar-refractivity contribution in [2.75, 3.05) is 62.7 Å². The maximum atomic E-state index is 12.7. The van der Waals surface area contributed by atoms with Gasteiger partial charge in [-0.3, -0.25) is 9.69 Å². The number of aliphatic hydroxyl groups is 2. The molecule has 3 saturated heterocycles. The van der Waals surface area contributed by atoms with Crippen LogP contribution >= 0.6 is 0 Å². The minimum Gasteiger partial charge on any atom is -0.395 e. The Morgan fingerprint density at radius 2 is 1.81 bits per heavy atom. The molecule has 3 fully saturated rings. The third kappa shape index (κ3) is 7.27. The minimum absolute atomic E-state index is 0.0433. The van der Waals surface area contributed by atoms with Gasteiger partial charge in [0.05, 0.1) is 19.3 Å². The third-order valence-electron chi connectivity index (χ3n) is 8.05. The lowest BCUT2D eigenvalue weighted by atomic mass is 9.91. The number of piperidine rings is 2.